The van der Waals surface area contributed by atoms with Crippen molar-refractivity contribution in [3.8, 4) is 0 Å². The number of hydrogen-bond donors (Lipinski definition) is 0. The molecule has 0 saturated carbocycles. The number of rotatable bonds is 3. The molecule has 0 bridgehead atoms. The maximum absolute atomic E-state index is 5.48. The average molecular weight is 321 g/mol. The van der Waals surface area contributed by atoms with Gasteiger partial charge < -0.3 is 9.42 Å². The van der Waals surface area contributed by atoms with Crippen molar-refractivity contribution < 1.29 is 4.52 Å². The molecule has 1 aliphatic heterocycles. The van der Waals surface area contributed by atoms with Crippen molar-refractivity contribution in [2.45, 2.75) is 39.2 Å². The second-order valence-electron chi connectivity index (χ2n) is 6.72. The van der Waals surface area contributed by atoms with E-state index in [9.17, 15) is 0 Å². The van der Waals surface area contributed by atoms with Crippen LogP contribution in [-0.2, 0) is 5.41 Å². The summed E-state index contributed by atoms with van der Waals surface area (Å²) < 4.78 is 5.48. The smallest absolute Gasteiger partial charge is 0.243 e. The molecule has 0 N–H and O–H groups in total. The van der Waals surface area contributed by atoms with E-state index in [0.29, 0.717) is 5.89 Å². The molecule has 0 aromatic carbocycles. The standard InChI is InChI=1S/C15H23N5OS/c1-11(12-17-13(18-21-12)15(2,3)4)19-6-8-20(9-7-19)14-16-5-10-22-14/h5,10-11H,6-9H2,1-4H3/t11-/m0/s1. The van der Waals surface area contributed by atoms with Crippen LogP contribution in [0.1, 0.15) is 45.5 Å². The van der Waals surface area contributed by atoms with Crippen molar-refractivity contribution in [1.29, 1.82) is 0 Å². The molecule has 0 radical (unpaired) electrons. The zero-order chi connectivity index (χ0) is 15.7. The van der Waals surface area contributed by atoms with Crippen molar-refractivity contribution in [3.63, 3.8) is 0 Å². The molecule has 0 aliphatic carbocycles. The molecular weight excluding hydrogens is 298 g/mol. The highest BCUT2D eigenvalue weighted by Gasteiger charge is 2.28. The van der Waals surface area contributed by atoms with Crippen LogP contribution in [0, 0.1) is 0 Å². The minimum absolute atomic E-state index is 0.0784. The Kier molecular flexibility index (Phi) is 4.18. The summed E-state index contributed by atoms with van der Waals surface area (Å²) in [5, 5.41) is 7.26. The van der Waals surface area contributed by atoms with Gasteiger partial charge in [-0.3, -0.25) is 4.90 Å². The average Bonchev–Trinajstić information content (AvgIpc) is 3.17. The normalized spacial score (nSPS) is 18.6. The molecule has 0 unspecified atom stereocenters. The molecule has 22 heavy (non-hydrogen) atoms. The highest BCUT2D eigenvalue weighted by molar-refractivity contribution is 7.13. The molecule has 7 heteroatoms. The maximum Gasteiger partial charge on any atom is 0.243 e. The first-order chi connectivity index (χ1) is 10.4. The van der Waals surface area contributed by atoms with E-state index in [1.165, 1.54) is 0 Å². The summed E-state index contributed by atoms with van der Waals surface area (Å²) in [6.45, 7) is 12.4. The second-order valence-corrected chi connectivity index (χ2v) is 7.59. The quantitative estimate of drug-likeness (QED) is 0.866. The van der Waals surface area contributed by atoms with Gasteiger partial charge in [-0.05, 0) is 6.92 Å². The molecule has 2 aromatic rings. The van der Waals surface area contributed by atoms with Gasteiger partial charge in [0.2, 0.25) is 5.89 Å². The lowest BCUT2D eigenvalue weighted by molar-refractivity contribution is 0.164. The fraction of sp³-hybridized carbons (Fsp3) is 0.667. The van der Waals surface area contributed by atoms with Gasteiger partial charge in [-0.25, -0.2) is 4.98 Å². The summed E-state index contributed by atoms with van der Waals surface area (Å²) in [7, 11) is 0. The Morgan fingerprint density at radius 3 is 2.50 bits per heavy atom. The fourth-order valence-corrected chi connectivity index (χ4v) is 3.24. The van der Waals surface area contributed by atoms with Crippen LogP contribution in [0.15, 0.2) is 16.1 Å². The van der Waals surface area contributed by atoms with Crippen LogP contribution in [0.4, 0.5) is 5.13 Å². The van der Waals surface area contributed by atoms with Gasteiger partial charge in [-0.2, -0.15) is 4.98 Å². The van der Waals surface area contributed by atoms with Crippen LogP contribution < -0.4 is 4.90 Å². The Hall–Kier alpha value is -1.47. The van der Waals surface area contributed by atoms with Gasteiger partial charge in [0.25, 0.3) is 0 Å². The summed E-state index contributed by atoms with van der Waals surface area (Å²) in [4.78, 5) is 13.7. The van der Waals surface area contributed by atoms with Crippen LogP contribution in [0.3, 0.4) is 0 Å². The van der Waals surface area contributed by atoms with Crippen LogP contribution in [0.25, 0.3) is 0 Å². The third kappa shape index (κ3) is 3.15. The summed E-state index contributed by atoms with van der Waals surface area (Å²) >= 11 is 1.70. The van der Waals surface area contributed by atoms with E-state index in [4.69, 9.17) is 4.52 Å². The van der Waals surface area contributed by atoms with Crippen LogP contribution in [0.5, 0.6) is 0 Å². The SMILES string of the molecule is C[C@@H](c1nc(C(C)(C)C)no1)N1CCN(c2nccs2)CC1. The molecule has 1 atom stereocenters. The Bertz CT molecular complexity index is 596. The number of thiazole rings is 1. The van der Waals surface area contributed by atoms with Crippen molar-refractivity contribution in [1.82, 2.24) is 20.0 Å². The van der Waals surface area contributed by atoms with Crippen molar-refractivity contribution in [3.05, 3.63) is 23.3 Å². The number of anilines is 1. The zero-order valence-electron chi connectivity index (χ0n) is 13.6. The van der Waals surface area contributed by atoms with Crippen molar-refractivity contribution in [2.75, 3.05) is 31.1 Å². The highest BCUT2D eigenvalue weighted by atomic mass is 32.1. The van der Waals surface area contributed by atoms with Gasteiger partial charge in [0.05, 0.1) is 6.04 Å². The third-order valence-corrected chi connectivity index (χ3v) is 4.85. The van der Waals surface area contributed by atoms with Crippen LogP contribution in [-0.4, -0.2) is 46.2 Å². The maximum atomic E-state index is 5.48. The lowest BCUT2D eigenvalue weighted by atomic mass is 9.96. The van der Waals surface area contributed by atoms with E-state index < -0.39 is 0 Å². The Labute approximate surface area is 135 Å². The minimum atomic E-state index is -0.0784. The van der Waals surface area contributed by atoms with Crippen molar-refractivity contribution in [2.24, 2.45) is 0 Å². The summed E-state index contributed by atoms with van der Waals surface area (Å²) in [5.74, 6) is 1.49. The van der Waals surface area contributed by atoms with Gasteiger partial charge in [0.15, 0.2) is 11.0 Å². The van der Waals surface area contributed by atoms with E-state index in [2.05, 4.69) is 52.6 Å². The summed E-state index contributed by atoms with van der Waals surface area (Å²) in [6.07, 6.45) is 1.86. The van der Waals surface area contributed by atoms with Gasteiger partial charge in [-0.1, -0.05) is 25.9 Å². The zero-order valence-corrected chi connectivity index (χ0v) is 14.4. The van der Waals surface area contributed by atoms with E-state index in [1.807, 2.05) is 11.6 Å². The first-order valence-electron chi connectivity index (χ1n) is 7.68. The number of hydrogen-bond acceptors (Lipinski definition) is 7. The molecule has 6 nitrogen and oxygen atoms in total. The predicted octanol–water partition coefficient (Wildman–Crippen LogP) is 2.71. The lowest BCUT2D eigenvalue weighted by Crippen LogP contribution is -2.47. The highest BCUT2D eigenvalue weighted by Crippen LogP contribution is 2.26. The van der Waals surface area contributed by atoms with Gasteiger partial charge in [0, 0.05) is 43.2 Å². The molecule has 0 spiro atoms. The van der Waals surface area contributed by atoms with Gasteiger partial charge in [0.1, 0.15) is 0 Å². The van der Waals surface area contributed by atoms with Crippen LogP contribution >= 0.6 is 11.3 Å². The lowest BCUT2D eigenvalue weighted by Gasteiger charge is -2.36. The first-order valence-corrected chi connectivity index (χ1v) is 8.55. The van der Waals surface area contributed by atoms with E-state index in [1.54, 1.807) is 11.3 Å². The fourth-order valence-electron chi connectivity index (χ4n) is 2.54. The molecular formula is C15H23N5OS. The van der Waals surface area contributed by atoms with Gasteiger partial charge in [-0.15, -0.1) is 11.3 Å². The predicted molar refractivity (Wildman–Crippen MR) is 87.3 cm³/mol. The molecule has 120 valence electrons. The second kappa shape index (κ2) is 5.96. The van der Waals surface area contributed by atoms with E-state index in [-0.39, 0.29) is 11.5 Å². The Balaban J connectivity index is 1.62. The molecule has 0 amide bonds. The summed E-state index contributed by atoms with van der Waals surface area (Å²) in [5.41, 5.74) is -0.0784. The van der Waals surface area contributed by atoms with Crippen LogP contribution in [0.2, 0.25) is 0 Å². The van der Waals surface area contributed by atoms with E-state index in [0.717, 1.165) is 37.1 Å². The molecule has 1 fully saturated rings. The number of nitrogens with zero attached hydrogens (tertiary/aromatic N) is 5. The topological polar surface area (TPSA) is 58.3 Å². The molecule has 1 saturated heterocycles. The number of piperazine rings is 1. The van der Waals surface area contributed by atoms with Crippen molar-refractivity contribution >= 4 is 16.5 Å². The molecule has 1 aliphatic rings. The monoisotopic (exact) mass is 321 g/mol. The van der Waals surface area contributed by atoms with E-state index >= 15 is 0 Å². The number of aromatic nitrogens is 3. The third-order valence-electron chi connectivity index (χ3n) is 4.02. The Morgan fingerprint density at radius 1 is 1.23 bits per heavy atom. The summed E-state index contributed by atoms with van der Waals surface area (Å²) in [6, 6.07) is 0.155. The first kappa shape index (κ1) is 15.4. The molecule has 3 rings (SSSR count). The largest absolute Gasteiger partial charge is 0.346 e. The Morgan fingerprint density at radius 2 is 1.95 bits per heavy atom. The van der Waals surface area contributed by atoms with Gasteiger partial charge >= 0.3 is 0 Å². The molecule has 3 heterocycles. The minimum Gasteiger partial charge on any atom is -0.346 e. The molecule has 2 aromatic heterocycles.